The summed E-state index contributed by atoms with van der Waals surface area (Å²) in [4.78, 5) is 22.3. The molecule has 0 unspecified atom stereocenters. The molecule has 2 aromatic heterocycles. The van der Waals surface area contributed by atoms with Crippen molar-refractivity contribution in [2.45, 2.75) is 6.92 Å². The number of nitrogens with zero attached hydrogens (tertiary/aromatic N) is 3. The van der Waals surface area contributed by atoms with Crippen LogP contribution in [0.2, 0.25) is 0 Å². The average Bonchev–Trinajstić information content (AvgIpc) is 3.25. The molecule has 2 heterocycles. The van der Waals surface area contributed by atoms with Gasteiger partial charge in [-0.2, -0.15) is 0 Å². The maximum atomic E-state index is 12.0. The standard InChI is InChI=1S/C15H12N4O5S/c1-2-23-10-5-3-9(4-6-10)14-17-18-15(24-14)16-13(20)11-7-8-12(25-11)19(21)22/h3-8H,2H2,1H3,(H,16,18,20). The molecule has 3 rings (SSSR count). The number of rotatable bonds is 6. The summed E-state index contributed by atoms with van der Waals surface area (Å²) in [5.74, 6) is 0.397. The molecule has 0 fully saturated rings. The maximum absolute atomic E-state index is 12.0. The number of benzene rings is 1. The van der Waals surface area contributed by atoms with Gasteiger partial charge >= 0.3 is 11.0 Å². The van der Waals surface area contributed by atoms with Crippen LogP contribution in [0.1, 0.15) is 16.6 Å². The Labute approximate surface area is 145 Å². The van der Waals surface area contributed by atoms with E-state index in [-0.39, 0.29) is 21.8 Å². The van der Waals surface area contributed by atoms with Crippen molar-refractivity contribution in [1.29, 1.82) is 0 Å². The van der Waals surface area contributed by atoms with Crippen LogP contribution in [0.25, 0.3) is 11.5 Å². The third-order valence-electron chi connectivity index (χ3n) is 3.05. The Balaban J connectivity index is 1.70. The number of nitrogens with one attached hydrogen (secondary N) is 1. The molecule has 128 valence electrons. The van der Waals surface area contributed by atoms with E-state index in [1.54, 1.807) is 24.3 Å². The number of carbonyl (C=O) groups is 1. The number of hydrogen-bond acceptors (Lipinski definition) is 8. The van der Waals surface area contributed by atoms with E-state index in [0.717, 1.165) is 17.1 Å². The first-order valence-corrected chi connectivity index (χ1v) is 8.01. The summed E-state index contributed by atoms with van der Waals surface area (Å²) in [7, 11) is 0. The van der Waals surface area contributed by atoms with Crippen LogP contribution in [0.15, 0.2) is 40.8 Å². The van der Waals surface area contributed by atoms with E-state index < -0.39 is 10.8 Å². The lowest BCUT2D eigenvalue weighted by Gasteiger charge is -2.02. The Hall–Kier alpha value is -3.27. The highest BCUT2D eigenvalue weighted by molar-refractivity contribution is 7.17. The highest BCUT2D eigenvalue weighted by atomic mass is 32.1. The molecule has 1 aromatic carbocycles. The van der Waals surface area contributed by atoms with Crippen LogP contribution >= 0.6 is 11.3 Å². The summed E-state index contributed by atoms with van der Waals surface area (Å²) < 4.78 is 10.7. The normalized spacial score (nSPS) is 10.4. The molecule has 3 aromatic rings. The number of thiophene rings is 1. The van der Waals surface area contributed by atoms with Crippen LogP contribution in [0.4, 0.5) is 11.0 Å². The maximum Gasteiger partial charge on any atom is 0.324 e. The van der Waals surface area contributed by atoms with E-state index in [1.807, 2.05) is 6.92 Å². The quantitative estimate of drug-likeness (QED) is 0.528. The zero-order valence-corrected chi connectivity index (χ0v) is 13.8. The molecule has 0 aliphatic rings. The monoisotopic (exact) mass is 360 g/mol. The molecular weight excluding hydrogens is 348 g/mol. The van der Waals surface area contributed by atoms with E-state index in [9.17, 15) is 14.9 Å². The minimum absolute atomic E-state index is 0.0927. The summed E-state index contributed by atoms with van der Waals surface area (Å²) in [6, 6.07) is 9.59. The number of hydrogen-bond donors (Lipinski definition) is 1. The first kappa shape index (κ1) is 16.6. The Morgan fingerprint density at radius 3 is 2.68 bits per heavy atom. The third-order valence-corrected chi connectivity index (χ3v) is 4.09. The van der Waals surface area contributed by atoms with Crippen molar-refractivity contribution in [1.82, 2.24) is 10.2 Å². The molecular formula is C15H12N4O5S. The van der Waals surface area contributed by atoms with Gasteiger partial charge in [-0.1, -0.05) is 16.4 Å². The number of aromatic nitrogens is 2. The highest BCUT2D eigenvalue weighted by Crippen LogP contribution is 2.26. The lowest BCUT2D eigenvalue weighted by atomic mass is 10.2. The fourth-order valence-corrected chi connectivity index (χ4v) is 2.67. The van der Waals surface area contributed by atoms with Crippen LogP contribution in [0.3, 0.4) is 0 Å². The number of carbonyl (C=O) groups excluding carboxylic acids is 1. The van der Waals surface area contributed by atoms with Gasteiger partial charge in [0, 0.05) is 11.6 Å². The van der Waals surface area contributed by atoms with E-state index in [1.165, 1.54) is 12.1 Å². The van der Waals surface area contributed by atoms with Gasteiger partial charge in [0.25, 0.3) is 5.91 Å². The van der Waals surface area contributed by atoms with Crippen molar-refractivity contribution in [3.8, 4) is 17.2 Å². The zero-order chi connectivity index (χ0) is 17.8. The first-order chi connectivity index (χ1) is 12.1. The molecule has 25 heavy (non-hydrogen) atoms. The number of anilines is 1. The van der Waals surface area contributed by atoms with Crippen LogP contribution < -0.4 is 10.1 Å². The molecule has 0 saturated heterocycles. The van der Waals surface area contributed by atoms with Gasteiger partial charge in [0.2, 0.25) is 5.89 Å². The minimum atomic E-state index is -0.557. The smallest absolute Gasteiger partial charge is 0.324 e. The molecule has 0 aliphatic heterocycles. The van der Waals surface area contributed by atoms with Gasteiger partial charge in [-0.15, -0.1) is 5.10 Å². The Morgan fingerprint density at radius 1 is 1.28 bits per heavy atom. The second kappa shape index (κ2) is 7.09. The lowest BCUT2D eigenvalue weighted by molar-refractivity contribution is -0.380. The van der Waals surface area contributed by atoms with Gasteiger partial charge in [-0.3, -0.25) is 20.2 Å². The van der Waals surface area contributed by atoms with Crippen LogP contribution in [-0.2, 0) is 0 Å². The predicted octanol–water partition coefficient (Wildman–Crippen LogP) is 3.36. The van der Waals surface area contributed by atoms with Gasteiger partial charge in [-0.25, -0.2) is 0 Å². The third kappa shape index (κ3) is 3.80. The molecule has 0 radical (unpaired) electrons. The molecule has 0 aliphatic carbocycles. The Bertz CT molecular complexity index is 903. The van der Waals surface area contributed by atoms with Gasteiger partial charge < -0.3 is 9.15 Å². The Kier molecular flexibility index (Phi) is 4.70. The summed E-state index contributed by atoms with van der Waals surface area (Å²) in [6.07, 6.45) is 0. The fourth-order valence-electron chi connectivity index (χ4n) is 1.96. The number of ether oxygens (including phenoxy) is 1. The number of amides is 1. The average molecular weight is 360 g/mol. The molecule has 0 atom stereocenters. The number of nitro groups is 1. The summed E-state index contributed by atoms with van der Waals surface area (Å²) in [5.41, 5.74) is 0.670. The lowest BCUT2D eigenvalue weighted by Crippen LogP contribution is -2.10. The first-order valence-electron chi connectivity index (χ1n) is 7.19. The zero-order valence-electron chi connectivity index (χ0n) is 13.0. The van der Waals surface area contributed by atoms with Crippen molar-refractivity contribution in [2.24, 2.45) is 0 Å². The Morgan fingerprint density at radius 2 is 2.04 bits per heavy atom. The molecule has 1 N–H and O–H groups in total. The summed E-state index contributed by atoms with van der Waals surface area (Å²) >= 11 is 0.763. The van der Waals surface area contributed by atoms with Crippen LogP contribution in [-0.4, -0.2) is 27.6 Å². The highest BCUT2D eigenvalue weighted by Gasteiger charge is 2.18. The second-order valence-electron chi connectivity index (χ2n) is 4.72. The topological polar surface area (TPSA) is 120 Å². The second-order valence-corrected chi connectivity index (χ2v) is 5.78. The van der Waals surface area contributed by atoms with Crippen LogP contribution in [0, 0.1) is 10.1 Å². The van der Waals surface area contributed by atoms with Crippen molar-refractivity contribution < 1.29 is 18.9 Å². The van der Waals surface area contributed by atoms with Crippen molar-refractivity contribution in [2.75, 3.05) is 11.9 Å². The fraction of sp³-hybridized carbons (Fsp3) is 0.133. The molecule has 9 nitrogen and oxygen atoms in total. The largest absolute Gasteiger partial charge is 0.494 e. The minimum Gasteiger partial charge on any atom is -0.494 e. The molecule has 0 bridgehead atoms. The van der Waals surface area contributed by atoms with E-state index in [4.69, 9.17) is 9.15 Å². The van der Waals surface area contributed by atoms with Crippen LogP contribution in [0.5, 0.6) is 5.75 Å². The van der Waals surface area contributed by atoms with Gasteiger partial charge in [0.1, 0.15) is 5.75 Å². The molecule has 0 spiro atoms. The van der Waals surface area contributed by atoms with E-state index in [0.29, 0.717) is 12.2 Å². The van der Waals surface area contributed by atoms with Gasteiger partial charge in [0.15, 0.2) is 0 Å². The van der Waals surface area contributed by atoms with Crippen molar-refractivity contribution in [3.05, 3.63) is 51.4 Å². The molecule has 0 saturated carbocycles. The van der Waals surface area contributed by atoms with Crippen molar-refractivity contribution >= 4 is 28.3 Å². The summed E-state index contributed by atoms with van der Waals surface area (Å²) in [5, 5.41) is 20.6. The summed E-state index contributed by atoms with van der Waals surface area (Å²) in [6.45, 7) is 2.46. The van der Waals surface area contributed by atoms with Gasteiger partial charge in [-0.05, 0) is 37.3 Å². The molecule has 10 heteroatoms. The van der Waals surface area contributed by atoms with E-state index >= 15 is 0 Å². The molecule has 1 amide bonds. The predicted molar refractivity (Wildman–Crippen MR) is 89.8 cm³/mol. The van der Waals surface area contributed by atoms with Gasteiger partial charge in [0.05, 0.1) is 16.4 Å². The SMILES string of the molecule is CCOc1ccc(-c2nnc(NC(=O)c3ccc([N+](=O)[O-])s3)o2)cc1. The van der Waals surface area contributed by atoms with E-state index in [2.05, 4.69) is 15.5 Å². The van der Waals surface area contributed by atoms with Crippen molar-refractivity contribution in [3.63, 3.8) is 0 Å².